The van der Waals surface area contributed by atoms with Crippen LogP contribution in [0.2, 0.25) is 0 Å². The summed E-state index contributed by atoms with van der Waals surface area (Å²) >= 11 is 0.830. The SMILES string of the molecule is Cc1nc(NC(=O)O)sc1S(=O)(=O)N1CCN(C[C@H](C)Nc2ncnc3c(-c4cccnc4)cn(C)c23)CC1. The van der Waals surface area contributed by atoms with E-state index in [0.717, 1.165) is 39.3 Å². The molecule has 0 unspecified atom stereocenters. The van der Waals surface area contributed by atoms with E-state index >= 15 is 0 Å². The summed E-state index contributed by atoms with van der Waals surface area (Å²) in [6.07, 6.45) is 5.85. The van der Waals surface area contributed by atoms with E-state index in [1.807, 2.05) is 36.1 Å². The molecule has 0 aliphatic carbocycles. The highest BCUT2D eigenvalue weighted by atomic mass is 32.2. The number of sulfonamides is 1. The van der Waals surface area contributed by atoms with Gasteiger partial charge in [-0.1, -0.05) is 17.4 Å². The van der Waals surface area contributed by atoms with Crippen molar-refractivity contribution in [3.8, 4) is 11.1 Å². The van der Waals surface area contributed by atoms with Crippen molar-refractivity contribution in [3.05, 3.63) is 42.7 Å². The van der Waals surface area contributed by atoms with Crippen molar-refractivity contribution in [2.24, 2.45) is 7.05 Å². The van der Waals surface area contributed by atoms with E-state index in [4.69, 9.17) is 5.11 Å². The van der Waals surface area contributed by atoms with Gasteiger partial charge in [0.1, 0.15) is 17.4 Å². The van der Waals surface area contributed by atoms with E-state index in [2.05, 4.69) is 42.4 Å². The predicted molar refractivity (Wildman–Crippen MR) is 149 cm³/mol. The zero-order valence-electron chi connectivity index (χ0n) is 21.7. The van der Waals surface area contributed by atoms with E-state index < -0.39 is 16.1 Å². The maximum Gasteiger partial charge on any atom is 0.410 e. The number of nitrogens with zero attached hydrogens (tertiary/aromatic N) is 7. The molecule has 5 heterocycles. The van der Waals surface area contributed by atoms with E-state index in [1.165, 1.54) is 4.31 Å². The zero-order valence-corrected chi connectivity index (χ0v) is 23.3. The molecule has 0 spiro atoms. The summed E-state index contributed by atoms with van der Waals surface area (Å²) in [7, 11) is -1.80. The van der Waals surface area contributed by atoms with Gasteiger partial charge in [0, 0.05) is 75.5 Å². The number of hydrogen-bond acceptors (Lipinski definition) is 10. The normalized spacial score (nSPS) is 15.9. The summed E-state index contributed by atoms with van der Waals surface area (Å²) in [6.45, 7) is 6.13. The number of carboxylic acid groups (broad SMARTS) is 1. The molecule has 3 N–H and O–H groups in total. The number of hydrogen-bond donors (Lipinski definition) is 3. The molecule has 1 atom stereocenters. The number of nitrogens with one attached hydrogen (secondary N) is 2. The average Bonchev–Trinajstić information content (AvgIpc) is 3.44. The fourth-order valence-electron chi connectivity index (χ4n) is 4.77. The third-order valence-corrected chi connectivity index (χ3v) is 10.1. The van der Waals surface area contributed by atoms with Crippen LogP contribution in [0.3, 0.4) is 0 Å². The summed E-state index contributed by atoms with van der Waals surface area (Å²) in [5, 5.41) is 14.6. The molecule has 1 fully saturated rings. The first-order valence-corrected chi connectivity index (χ1v) is 14.6. The Balaban J connectivity index is 1.23. The molecule has 39 heavy (non-hydrogen) atoms. The number of aromatic nitrogens is 5. The van der Waals surface area contributed by atoms with Crippen LogP contribution >= 0.6 is 11.3 Å². The lowest BCUT2D eigenvalue weighted by atomic mass is 10.1. The Labute approximate surface area is 229 Å². The van der Waals surface area contributed by atoms with Gasteiger partial charge in [-0.15, -0.1) is 0 Å². The molecule has 0 bridgehead atoms. The number of anilines is 2. The molecule has 4 aromatic rings. The maximum atomic E-state index is 13.2. The fourth-order valence-corrected chi connectivity index (χ4v) is 7.73. The molecular weight excluding hydrogens is 542 g/mol. The highest BCUT2D eigenvalue weighted by Gasteiger charge is 2.32. The zero-order chi connectivity index (χ0) is 27.7. The summed E-state index contributed by atoms with van der Waals surface area (Å²) < 4.78 is 29.9. The van der Waals surface area contributed by atoms with Crippen LogP contribution in [0.5, 0.6) is 0 Å². The number of amides is 1. The standard InChI is InChI=1S/C24H29N9O4S2/c1-15(28-21-20-19(26-14-27-21)18(13-31(20)3)17-5-4-6-25-11-17)12-32-7-9-33(10-8-32)39(36,37)22-16(2)29-23(38-22)30-24(34)35/h4-6,11,13-15H,7-10,12H2,1-3H3,(H,29,30)(H,34,35)(H,26,27,28)/t15-/m0/s1. The monoisotopic (exact) mass is 571 g/mol. The lowest BCUT2D eigenvalue weighted by Crippen LogP contribution is -2.50. The number of aryl methyl sites for hydroxylation is 2. The number of piperazine rings is 1. The second kappa shape index (κ2) is 10.8. The van der Waals surface area contributed by atoms with Gasteiger partial charge >= 0.3 is 6.09 Å². The first-order chi connectivity index (χ1) is 18.6. The van der Waals surface area contributed by atoms with Crippen molar-refractivity contribution in [2.45, 2.75) is 24.1 Å². The molecule has 5 rings (SSSR count). The largest absolute Gasteiger partial charge is 0.465 e. The van der Waals surface area contributed by atoms with Crippen molar-refractivity contribution >= 4 is 49.4 Å². The topological polar surface area (TPSA) is 158 Å². The molecule has 4 aromatic heterocycles. The molecule has 0 radical (unpaired) electrons. The summed E-state index contributed by atoms with van der Waals surface area (Å²) in [6, 6.07) is 3.94. The molecule has 1 amide bonds. The van der Waals surface area contributed by atoms with Gasteiger partial charge in [0.25, 0.3) is 10.0 Å². The van der Waals surface area contributed by atoms with Crippen LogP contribution < -0.4 is 10.6 Å². The minimum Gasteiger partial charge on any atom is -0.465 e. The van der Waals surface area contributed by atoms with Gasteiger partial charge in [-0.2, -0.15) is 4.31 Å². The lowest BCUT2D eigenvalue weighted by molar-refractivity contribution is 0.184. The van der Waals surface area contributed by atoms with Gasteiger partial charge in [-0.25, -0.2) is 28.2 Å². The van der Waals surface area contributed by atoms with Crippen LogP contribution in [0.15, 0.2) is 41.3 Å². The summed E-state index contributed by atoms with van der Waals surface area (Å²) in [5.74, 6) is 0.734. The molecule has 206 valence electrons. The average molecular weight is 572 g/mol. The van der Waals surface area contributed by atoms with E-state index in [0.29, 0.717) is 32.7 Å². The Morgan fingerprint density at radius 1 is 1.23 bits per heavy atom. The number of fused-ring (bicyclic) bond motifs is 1. The number of carbonyl (C=O) groups is 1. The highest BCUT2D eigenvalue weighted by Crippen LogP contribution is 2.32. The molecule has 13 nitrogen and oxygen atoms in total. The van der Waals surface area contributed by atoms with Gasteiger partial charge in [0.2, 0.25) is 0 Å². The highest BCUT2D eigenvalue weighted by molar-refractivity contribution is 7.91. The number of pyridine rings is 1. The van der Waals surface area contributed by atoms with E-state index in [9.17, 15) is 13.2 Å². The van der Waals surface area contributed by atoms with Gasteiger partial charge in [0.05, 0.1) is 5.69 Å². The van der Waals surface area contributed by atoms with E-state index in [-0.39, 0.29) is 21.1 Å². The third kappa shape index (κ3) is 5.56. The Bertz CT molecular complexity index is 1600. The van der Waals surface area contributed by atoms with E-state index in [1.54, 1.807) is 19.4 Å². The number of rotatable bonds is 8. The van der Waals surface area contributed by atoms with Gasteiger partial charge in [-0.05, 0) is 19.9 Å². The molecule has 1 saturated heterocycles. The molecule has 1 aliphatic heterocycles. The Kier molecular flexibility index (Phi) is 7.48. The van der Waals surface area contributed by atoms with Crippen LogP contribution in [0, 0.1) is 6.92 Å². The van der Waals surface area contributed by atoms with Crippen molar-refractivity contribution in [2.75, 3.05) is 43.4 Å². The minimum atomic E-state index is -3.77. The van der Waals surface area contributed by atoms with Crippen LogP contribution in [0.25, 0.3) is 22.2 Å². The Morgan fingerprint density at radius 2 is 2.00 bits per heavy atom. The molecule has 0 saturated carbocycles. The van der Waals surface area contributed by atoms with Gasteiger partial charge in [-0.3, -0.25) is 15.2 Å². The molecule has 15 heteroatoms. The predicted octanol–water partition coefficient (Wildman–Crippen LogP) is 2.69. The smallest absolute Gasteiger partial charge is 0.410 e. The second-order valence-corrected chi connectivity index (χ2v) is 12.5. The first-order valence-electron chi connectivity index (χ1n) is 12.3. The Hall–Kier alpha value is -3.66. The van der Waals surface area contributed by atoms with Crippen molar-refractivity contribution in [1.29, 1.82) is 0 Å². The number of thiazole rings is 1. The van der Waals surface area contributed by atoms with Crippen LogP contribution in [-0.2, 0) is 17.1 Å². The quantitative estimate of drug-likeness (QED) is 0.287. The van der Waals surface area contributed by atoms with Gasteiger partial charge in [0.15, 0.2) is 15.2 Å². The summed E-state index contributed by atoms with van der Waals surface area (Å²) in [4.78, 5) is 30.4. The fraction of sp³-hybridized carbons (Fsp3) is 0.375. The van der Waals surface area contributed by atoms with Crippen molar-refractivity contribution in [3.63, 3.8) is 0 Å². The van der Waals surface area contributed by atoms with Crippen molar-refractivity contribution < 1.29 is 18.3 Å². The van der Waals surface area contributed by atoms with Gasteiger partial charge < -0.3 is 15.0 Å². The molecular formula is C24H29N9O4S2. The minimum absolute atomic E-state index is 0.0383. The maximum absolute atomic E-state index is 13.2. The van der Waals surface area contributed by atoms with Crippen molar-refractivity contribution in [1.82, 2.24) is 33.7 Å². The Morgan fingerprint density at radius 3 is 2.69 bits per heavy atom. The lowest BCUT2D eigenvalue weighted by Gasteiger charge is -2.35. The molecule has 1 aliphatic rings. The van der Waals surface area contributed by atoms with Crippen LogP contribution in [-0.4, -0.2) is 92.1 Å². The van der Waals surface area contributed by atoms with Crippen LogP contribution in [0.1, 0.15) is 12.6 Å². The molecule has 0 aromatic carbocycles. The second-order valence-electron chi connectivity index (χ2n) is 9.39. The first kappa shape index (κ1) is 26.9. The third-order valence-electron chi connectivity index (χ3n) is 6.51. The summed E-state index contributed by atoms with van der Waals surface area (Å²) in [5.41, 5.74) is 3.99. The van der Waals surface area contributed by atoms with Crippen LogP contribution in [0.4, 0.5) is 15.7 Å².